The van der Waals surface area contributed by atoms with Crippen molar-refractivity contribution in [2.75, 3.05) is 0 Å². The number of nitrogens with one attached hydrogen (secondary N) is 1. The number of imide groups is 1. The van der Waals surface area contributed by atoms with Crippen molar-refractivity contribution in [1.29, 1.82) is 0 Å². The number of hydrogen-bond acceptors (Lipinski definition) is 2. The van der Waals surface area contributed by atoms with Crippen LogP contribution in [0.3, 0.4) is 0 Å². The summed E-state index contributed by atoms with van der Waals surface area (Å²) in [4.78, 5) is 20.9. The smallest absolute Gasteiger partial charge is 0.229 e. The maximum absolute atomic E-state index is 10.7. The number of carbonyl (C=O) groups excluding carboxylic acids is 2. The van der Waals surface area contributed by atoms with E-state index in [1.165, 1.54) is 6.92 Å². The lowest BCUT2D eigenvalue weighted by molar-refractivity contribution is -0.129. The molecule has 0 spiro atoms. The van der Waals surface area contributed by atoms with Gasteiger partial charge in [0.15, 0.2) is 0 Å². The van der Waals surface area contributed by atoms with Gasteiger partial charge in [-0.2, -0.15) is 0 Å². The third-order valence-corrected chi connectivity index (χ3v) is 1.25. The minimum Gasteiger partial charge on any atom is -0.296 e. The first-order chi connectivity index (χ1) is 4.20. The lowest BCUT2D eigenvalue weighted by Crippen LogP contribution is -2.29. The van der Waals surface area contributed by atoms with Crippen molar-refractivity contribution in [2.24, 2.45) is 5.92 Å². The normalized spacial score (nSPS) is 17.0. The zero-order valence-electron chi connectivity index (χ0n) is 5.31. The molecule has 1 fully saturated rings. The van der Waals surface area contributed by atoms with E-state index >= 15 is 0 Å². The summed E-state index contributed by atoms with van der Waals surface area (Å²) < 4.78 is 0. The standard InChI is InChI=1S/C6H9NO2/c1-4(8)7-6(9)5-2-3-5/h5H,2-3H2,1H3,(H,7,8,9). The quantitative estimate of drug-likeness (QED) is 0.541. The van der Waals surface area contributed by atoms with Gasteiger partial charge in [-0.3, -0.25) is 14.9 Å². The van der Waals surface area contributed by atoms with E-state index in [1.807, 2.05) is 0 Å². The summed E-state index contributed by atoms with van der Waals surface area (Å²) in [6.07, 6.45) is 1.89. The lowest BCUT2D eigenvalue weighted by Gasteiger charge is -1.94. The highest BCUT2D eigenvalue weighted by Crippen LogP contribution is 2.28. The molecule has 0 atom stereocenters. The van der Waals surface area contributed by atoms with Crippen LogP contribution in [0.25, 0.3) is 0 Å². The second-order valence-corrected chi connectivity index (χ2v) is 2.32. The van der Waals surface area contributed by atoms with Crippen LogP contribution in [0.2, 0.25) is 0 Å². The van der Waals surface area contributed by atoms with E-state index in [1.54, 1.807) is 0 Å². The lowest BCUT2D eigenvalue weighted by atomic mass is 10.4. The van der Waals surface area contributed by atoms with Gasteiger partial charge in [-0.25, -0.2) is 0 Å². The molecule has 0 radical (unpaired) electrons. The predicted octanol–water partition coefficient (Wildman–Crippen LogP) is 0.0591. The monoisotopic (exact) mass is 127 g/mol. The molecule has 0 aromatic rings. The molecule has 1 saturated carbocycles. The van der Waals surface area contributed by atoms with Gasteiger partial charge in [0.2, 0.25) is 11.8 Å². The molecule has 9 heavy (non-hydrogen) atoms. The van der Waals surface area contributed by atoms with Crippen molar-refractivity contribution >= 4 is 11.8 Å². The molecule has 0 unspecified atom stereocenters. The van der Waals surface area contributed by atoms with Gasteiger partial charge < -0.3 is 0 Å². The molecular weight excluding hydrogens is 118 g/mol. The summed E-state index contributed by atoms with van der Waals surface area (Å²) >= 11 is 0. The molecule has 3 nitrogen and oxygen atoms in total. The van der Waals surface area contributed by atoms with Crippen LogP contribution in [0.4, 0.5) is 0 Å². The summed E-state index contributed by atoms with van der Waals surface area (Å²) in [6.45, 7) is 1.35. The molecule has 1 N–H and O–H groups in total. The molecule has 0 aromatic heterocycles. The Morgan fingerprint density at radius 2 is 2.00 bits per heavy atom. The third kappa shape index (κ3) is 1.83. The minimum atomic E-state index is -0.257. The zero-order chi connectivity index (χ0) is 6.85. The number of rotatable bonds is 1. The largest absolute Gasteiger partial charge is 0.296 e. The SMILES string of the molecule is CC(=O)NC(=O)C1CC1. The summed E-state index contributed by atoms with van der Waals surface area (Å²) in [5, 5.41) is 2.23. The van der Waals surface area contributed by atoms with Crippen molar-refractivity contribution in [1.82, 2.24) is 5.32 Å². The van der Waals surface area contributed by atoms with Crippen molar-refractivity contribution < 1.29 is 9.59 Å². The van der Waals surface area contributed by atoms with E-state index in [0.717, 1.165) is 12.8 Å². The fourth-order valence-electron chi connectivity index (χ4n) is 0.621. The van der Waals surface area contributed by atoms with Crippen LogP contribution < -0.4 is 5.32 Å². The topological polar surface area (TPSA) is 46.2 Å². The third-order valence-electron chi connectivity index (χ3n) is 1.25. The first-order valence-corrected chi connectivity index (χ1v) is 3.01. The fourth-order valence-corrected chi connectivity index (χ4v) is 0.621. The van der Waals surface area contributed by atoms with Gasteiger partial charge in [-0.15, -0.1) is 0 Å². The van der Waals surface area contributed by atoms with Crippen molar-refractivity contribution in [3.8, 4) is 0 Å². The number of amides is 2. The Hall–Kier alpha value is -0.860. The van der Waals surface area contributed by atoms with Crippen LogP contribution in [-0.4, -0.2) is 11.8 Å². The Bertz CT molecular complexity index is 149. The van der Waals surface area contributed by atoms with Crippen LogP contribution >= 0.6 is 0 Å². The maximum Gasteiger partial charge on any atom is 0.229 e. The summed E-state index contributed by atoms with van der Waals surface area (Å²) in [5.41, 5.74) is 0. The Balaban J connectivity index is 2.26. The second kappa shape index (κ2) is 2.17. The summed E-state index contributed by atoms with van der Waals surface area (Å²) in [7, 11) is 0. The van der Waals surface area contributed by atoms with Gasteiger partial charge in [-0.05, 0) is 12.8 Å². The van der Waals surface area contributed by atoms with E-state index in [4.69, 9.17) is 0 Å². The van der Waals surface area contributed by atoms with E-state index in [9.17, 15) is 9.59 Å². The molecule has 0 aromatic carbocycles. The average molecular weight is 127 g/mol. The molecule has 0 saturated heterocycles. The number of carbonyl (C=O) groups is 2. The molecule has 1 aliphatic rings. The molecule has 0 aliphatic heterocycles. The Morgan fingerprint density at radius 1 is 1.44 bits per heavy atom. The zero-order valence-corrected chi connectivity index (χ0v) is 5.31. The molecule has 50 valence electrons. The van der Waals surface area contributed by atoms with E-state index in [2.05, 4.69) is 5.32 Å². The average Bonchev–Trinajstić information content (AvgIpc) is 2.40. The van der Waals surface area contributed by atoms with Crippen molar-refractivity contribution in [3.05, 3.63) is 0 Å². The van der Waals surface area contributed by atoms with E-state index in [0.29, 0.717) is 0 Å². The van der Waals surface area contributed by atoms with Crippen LogP contribution in [0.15, 0.2) is 0 Å². The van der Waals surface area contributed by atoms with Gasteiger partial charge in [-0.1, -0.05) is 0 Å². The van der Waals surface area contributed by atoms with Gasteiger partial charge in [0.25, 0.3) is 0 Å². The first-order valence-electron chi connectivity index (χ1n) is 3.01. The summed E-state index contributed by atoms with van der Waals surface area (Å²) in [5.74, 6) is -0.233. The fraction of sp³-hybridized carbons (Fsp3) is 0.667. The van der Waals surface area contributed by atoms with Crippen LogP contribution in [-0.2, 0) is 9.59 Å². The van der Waals surface area contributed by atoms with Crippen molar-refractivity contribution in [3.63, 3.8) is 0 Å². The molecule has 0 bridgehead atoms. The minimum absolute atomic E-state index is 0.109. The molecule has 2 amide bonds. The van der Waals surface area contributed by atoms with Crippen LogP contribution in [0.1, 0.15) is 19.8 Å². The molecular formula is C6H9NO2. The summed E-state index contributed by atoms with van der Waals surface area (Å²) in [6, 6.07) is 0. The Morgan fingerprint density at radius 3 is 2.33 bits per heavy atom. The van der Waals surface area contributed by atoms with Crippen molar-refractivity contribution in [2.45, 2.75) is 19.8 Å². The van der Waals surface area contributed by atoms with E-state index < -0.39 is 0 Å². The van der Waals surface area contributed by atoms with Gasteiger partial charge in [0, 0.05) is 12.8 Å². The maximum atomic E-state index is 10.7. The first kappa shape index (κ1) is 6.26. The number of hydrogen-bond donors (Lipinski definition) is 1. The highest BCUT2D eigenvalue weighted by Gasteiger charge is 2.29. The van der Waals surface area contributed by atoms with E-state index in [-0.39, 0.29) is 17.7 Å². The van der Waals surface area contributed by atoms with Gasteiger partial charge >= 0.3 is 0 Å². The van der Waals surface area contributed by atoms with Gasteiger partial charge in [0.05, 0.1) is 0 Å². The van der Waals surface area contributed by atoms with Gasteiger partial charge in [0.1, 0.15) is 0 Å². The molecule has 0 heterocycles. The second-order valence-electron chi connectivity index (χ2n) is 2.32. The highest BCUT2D eigenvalue weighted by molar-refractivity contribution is 5.96. The Labute approximate surface area is 53.4 Å². The highest BCUT2D eigenvalue weighted by atomic mass is 16.2. The Kier molecular flexibility index (Phi) is 1.51. The molecule has 1 aliphatic carbocycles. The predicted molar refractivity (Wildman–Crippen MR) is 31.5 cm³/mol. The van der Waals surface area contributed by atoms with Crippen LogP contribution in [0.5, 0.6) is 0 Å². The molecule has 3 heteroatoms. The molecule has 1 rings (SSSR count). The van der Waals surface area contributed by atoms with Crippen LogP contribution in [0, 0.1) is 5.92 Å².